The van der Waals surface area contributed by atoms with Gasteiger partial charge in [-0.05, 0) is 31.7 Å². The third-order valence-electron chi connectivity index (χ3n) is 5.26. The van der Waals surface area contributed by atoms with Crippen molar-refractivity contribution in [2.75, 3.05) is 11.4 Å². The van der Waals surface area contributed by atoms with Crippen LogP contribution < -0.4 is 15.8 Å². The van der Waals surface area contributed by atoms with Crippen LogP contribution in [0.4, 0.5) is 5.82 Å². The molecule has 2 N–H and O–H groups in total. The molecule has 26 heavy (non-hydrogen) atoms. The lowest BCUT2D eigenvalue weighted by Crippen LogP contribution is -2.51. The highest BCUT2D eigenvalue weighted by Gasteiger charge is 2.53. The van der Waals surface area contributed by atoms with Crippen molar-refractivity contribution in [3.05, 3.63) is 46.3 Å². The minimum atomic E-state index is -0.354. The van der Waals surface area contributed by atoms with Gasteiger partial charge in [-0.15, -0.1) is 0 Å². The third kappa shape index (κ3) is 2.60. The Bertz CT molecular complexity index is 920. The number of nitrogens with zero attached hydrogens (tertiary/aromatic N) is 5. The average molecular weight is 351 g/mol. The molecule has 132 valence electrons. The minimum Gasteiger partial charge on any atom is -0.348 e. The Morgan fingerprint density at radius 3 is 2.81 bits per heavy atom. The average Bonchev–Trinajstić information content (AvgIpc) is 3.22. The normalized spacial score (nSPS) is 23.7. The second-order valence-electron chi connectivity index (χ2n) is 6.65. The third-order valence-corrected chi connectivity index (χ3v) is 5.26. The van der Waals surface area contributed by atoms with Gasteiger partial charge in [0.25, 0.3) is 11.5 Å². The molecule has 9 nitrogen and oxygen atoms in total. The van der Waals surface area contributed by atoms with Crippen LogP contribution in [-0.4, -0.2) is 44.2 Å². The maximum Gasteiger partial charge on any atom is 0.271 e. The number of fused-ring (bicyclic) bond motifs is 2. The van der Waals surface area contributed by atoms with Gasteiger partial charge < -0.3 is 10.2 Å². The second-order valence-corrected chi connectivity index (χ2v) is 6.65. The molecule has 0 aliphatic carbocycles. The molecule has 0 atom stereocenters. The van der Waals surface area contributed by atoms with Gasteiger partial charge in [-0.2, -0.15) is 10.4 Å². The fraction of sp³-hybridized carbons (Fsp3) is 0.412. The first kappa shape index (κ1) is 16.2. The number of nitrogens with one attached hydrogen (secondary N) is 2. The topological polar surface area (TPSA) is 128 Å². The molecular weight excluding hydrogens is 334 g/mol. The largest absolute Gasteiger partial charge is 0.348 e. The molecule has 0 aromatic carbocycles. The Balaban J connectivity index is 1.57. The SMILES string of the molecule is N#Cc1nccnc1N1C2CCC1(CNC(=O)c1ccc(=O)[nH]n1)CC2. The van der Waals surface area contributed by atoms with Crippen LogP contribution in [0.5, 0.6) is 0 Å². The lowest BCUT2D eigenvalue weighted by Gasteiger charge is -2.36. The number of aromatic nitrogens is 4. The van der Waals surface area contributed by atoms with Gasteiger partial charge in [0.2, 0.25) is 0 Å². The molecular formula is C17H17N7O2. The first-order valence-electron chi connectivity index (χ1n) is 8.47. The molecule has 9 heteroatoms. The van der Waals surface area contributed by atoms with E-state index in [0.29, 0.717) is 24.1 Å². The van der Waals surface area contributed by atoms with E-state index < -0.39 is 0 Å². The number of nitriles is 1. The molecule has 2 aliphatic rings. The number of H-pyrrole nitrogens is 1. The number of carbonyl (C=O) groups is 1. The summed E-state index contributed by atoms with van der Waals surface area (Å²) in [6, 6.07) is 5.08. The van der Waals surface area contributed by atoms with Crippen LogP contribution in [0, 0.1) is 11.3 Å². The summed E-state index contributed by atoms with van der Waals surface area (Å²) in [5, 5.41) is 18.3. The van der Waals surface area contributed by atoms with E-state index in [1.165, 1.54) is 18.3 Å². The molecule has 2 aromatic heterocycles. The minimum absolute atomic E-state index is 0.164. The van der Waals surface area contributed by atoms with Crippen LogP contribution in [-0.2, 0) is 0 Å². The Morgan fingerprint density at radius 1 is 1.35 bits per heavy atom. The monoisotopic (exact) mass is 351 g/mol. The molecule has 0 spiro atoms. The van der Waals surface area contributed by atoms with Crippen LogP contribution in [0.1, 0.15) is 41.9 Å². The number of rotatable bonds is 4. The van der Waals surface area contributed by atoms with Gasteiger partial charge in [-0.25, -0.2) is 15.1 Å². The van der Waals surface area contributed by atoms with Crippen LogP contribution in [0.25, 0.3) is 0 Å². The van der Waals surface area contributed by atoms with Crippen LogP contribution >= 0.6 is 0 Å². The second kappa shape index (κ2) is 6.22. The molecule has 2 fully saturated rings. The van der Waals surface area contributed by atoms with Crippen molar-refractivity contribution in [1.29, 1.82) is 5.26 Å². The first-order chi connectivity index (χ1) is 12.6. The molecule has 2 bridgehead atoms. The van der Waals surface area contributed by atoms with Crippen molar-refractivity contribution < 1.29 is 4.79 Å². The van der Waals surface area contributed by atoms with Gasteiger partial charge in [-0.1, -0.05) is 0 Å². The summed E-state index contributed by atoms with van der Waals surface area (Å²) in [7, 11) is 0. The van der Waals surface area contributed by atoms with Gasteiger partial charge >= 0.3 is 0 Å². The van der Waals surface area contributed by atoms with E-state index in [4.69, 9.17) is 0 Å². The van der Waals surface area contributed by atoms with E-state index in [0.717, 1.165) is 25.7 Å². The molecule has 0 saturated carbocycles. The van der Waals surface area contributed by atoms with E-state index in [1.54, 1.807) is 6.20 Å². The van der Waals surface area contributed by atoms with E-state index in [9.17, 15) is 14.9 Å². The molecule has 2 saturated heterocycles. The fourth-order valence-electron chi connectivity index (χ4n) is 4.08. The standard InChI is InChI=1S/C17H17N7O2/c18-9-13-15(20-8-7-19-13)24-11-3-5-17(24,6-4-11)10-21-16(26)12-1-2-14(25)23-22-12/h1-2,7-8,11H,3-6,10H2,(H,21,26)(H,23,25). The first-order valence-corrected chi connectivity index (χ1v) is 8.47. The van der Waals surface area contributed by atoms with Crippen LogP contribution in [0.15, 0.2) is 29.3 Å². The van der Waals surface area contributed by atoms with Gasteiger partial charge in [-0.3, -0.25) is 9.59 Å². The number of hydrogen-bond acceptors (Lipinski definition) is 7. The van der Waals surface area contributed by atoms with Crippen LogP contribution in [0.2, 0.25) is 0 Å². The highest BCUT2D eigenvalue weighted by Crippen LogP contribution is 2.48. The zero-order chi connectivity index (χ0) is 18.1. The van der Waals surface area contributed by atoms with Crippen molar-refractivity contribution in [3.63, 3.8) is 0 Å². The summed E-state index contributed by atoms with van der Waals surface area (Å²) in [6.45, 7) is 0.421. The van der Waals surface area contributed by atoms with E-state index in [2.05, 4.69) is 36.5 Å². The van der Waals surface area contributed by atoms with E-state index in [1.807, 2.05) is 0 Å². The maximum atomic E-state index is 12.4. The predicted molar refractivity (Wildman–Crippen MR) is 91.4 cm³/mol. The maximum absolute atomic E-state index is 12.4. The number of aromatic amines is 1. The Kier molecular flexibility index (Phi) is 3.88. The van der Waals surface area contributed by atoms with E-state index in [-0.39, 0.29) is 22.7 Å². The highest BCUT2D eigenvalue weighted by molar-refractivity contribution is 5.92. The summed E-state index contributed by atoms with van der Waals surface area (Å²) in [4.78, 5) is 34.1. The Labute approximate surface area is 149 Å². The van der Waals surface area contributed by atoms with Crippen molar-refractivity contribution in [1.82, 2.24) is 25.5 Å². The lowest BCUT2D eigenvalue weighted by atomic mass is 9.87. The number of hydrogen-bond donors (Lipinski definition) is 2. The van der Waals surface area contributed by atoms with Crippen LogP contribution in [0.3, 0.4) is 0 Å². The molecule has 0 radical (unpaired) electrons. The molecule has 2 aliphatic heterocycles. The quantitative estimate of drug-likeness (QED) is 0.814. The number of carbonyl (C=O) groups excluding carboxylic acids is 1. The number of amides is 1. The lowest BCUT2D eigenvalue weighted by molar-refractivity contribution is 0.0937. The summed E-state index contributed by atoms with van der Waals surface area (Å²) >= 11 is 0. The van der Waals surface area contributed by atoms with E-state index >= 15 is 0 Å². The van der Waals surface area contributed by atoms with Gasteiger partial charge in [0.1, 0.15) is 11.8 Å². The summed E-state index contributed by atoms with van der Waals surface area (Å²) in [5.41, 5.74) is -0.159. The van der Waals surface area contributed by atoms with Gasteiger partial charge in [0.15, 0.2) is 11.5 Å². The van der Waals surface area contributed by atoms with Crippen molar-refractivity contribution in [3.8, 4) is 6.07 Å². The zero-order valence-electron chi connectivity index (χ0n) is 14.0. The highest BCUT2D eigenvalue weighted by atomic mass is 16.2. The predicted octanol–water partition coefficient (Wildman–Crippen LogP) is 0.363. The summed E-state index contributed by atoms with van der Waals surface area (Å²) < 4.78 is 0. The summed E-state index contributed by atoms with van der Waals surface area (Å²) in [6.07, 6.45) is 6.92. The van der Waals surface area contributed by atoms with Crippen molar-refractivity contribution in [2.45, 2.75) is 37.3 Å². The fourth-order valence-corrected chi connectivity index (χ4v) is 4.08. The Hall–Kier alpha value is -3.28. The molecule has 1 amide bonds. The summed E-state index contributed by atoms with van der Waals surface area (Å²) in [5.74, 6) is 0.247. The molecule has 4 heterocycles. The number of anilines is 1. The van der Waals surface area contributed by atoms with Crippen molar-refractivity contribution >= 4 is 11.7 Å². The molecule has 0 unspecified atom stereocenters. The van der Waals surface area contributed by atoms with Gasteiger partial charge in [0.05, 0.1) is 5.54 Å². The van der Waals surface area contributed by atoms with Gasteiger partial charge in [0, 0.05) is 31.0 Å². The molecule has 4 rings (SSSR count). The smallest absolute Gasteiger partial charge is 0.271 e. The Morgan fingerprint density at radius 2 is 2.12 bits per heavy atom. The molecule has 2 aromatic rings. The van der Waals surface area contributed by atoms with Crippen molar-refractivity contribution in [2.24, 2.45) is 0 Å². The zero-order valence-corrected chi connectivity index (χ0v) is 14.0.